The Morgan fingerprint density at radius 1 is 1.28 bits per heavy atom. The van der Waals surface area contributed by atoms with Crippen LogP contribution in [0.2, 0.25) is 0 Å². The molecule has 1 aromatic heterocycles. The van der Waals surface area contributed by atoms with Crippen molar-refractivity contribution in [1.29, 1.82) is 0 Å². The van der Waals surface area contributed by atoms with Crippen molar-refractivity contribution in [3.05, 3.63) is 47.5 Å². The summed E-state index contributed by atoms with van der Waals surface area (Å²) in [5.41, 5.74) is 1.22. The van der Waals surface area contributed by atoms with Gasteiger partial charge in [0.2, 0.25) is 0 Å². The van der Waals surface area contributed by atoms with E-state index in [9.17, 15) is 5.11 Å². The van der Waals surface area contributed by atoms with Crippen molar-refractivity contribution in [2.45, 2.75) is 31.7 Å². The topological polar surface area (TPSA) is 50.9 Å². The minimum Gasteiger partial charge on any atom is -0.394 e. The number of nitrogens with zero attached hydrogens (tertiary/aromatic N) is 3. The fourth-order valence-corrected chi connectivity index (χ4v) is 2.51. The van der Waals surface area contributed by atoms with Gasteiger partial charge in [-0.1, -0.05) is 30.3 Å². The molecule has 4 heteroatoms. The summed E-state index contributed by atoms with van der Waals surface area (Å²) in [5, 5.41) is 13.9. The average molecular weight is 243 g/mol. The summed E-state index contributed by atoms with van der Waals surface area (Å²) in [5.74, 6) is 1.88. The Morgan fingerprint density at radius 3 is 2.89 bits per heavy atom. The Balaban J connectivity index is 1.84. The summed E-state index contributed by atoms with van der Waals surface area (Å²) in [6, 6.07) is 10.4. The lowest BCUT2D eigenvalue weighted by molar-refractivity contribution is 0.195. The number of benzene rings is 1. The third kappa shape index (κ3) is 2.16. The van der Waals surface area contributed by atoms with Crippen LogP contribution in [0.3, 0.4) is 0 Å². The van der Waals surface area contributed by atoms with Crippen LogP contribution in [0.4, 0.5) is 0 Å². The van der Waals surface area contributed by atoms with Gasteiger partial charge in [0.1, 0.15) is 5.82 Å². The molecular weight excluding hydrogens is 226 g/mol. The van der Waals surface area contributed by atoms with Crippen LogP contribution in [0.1, 0.15) is 36.1 Å². The minimum absolute atomic E-state index is 0.116. The molecule has 2 aromatic rings. The highest BCUT2D eigenvalue weighted by Gasteiger charge is 2.22. The second kappa shape index (κ2) is 4.90. The fraction of sp³-hybridized carbons (Fsp3) is 0.429. The average Bonchev–Trinajstić information content (AvgIpc) is 2.82. The first kappa shape index (κ1) is 11.4. The second-order valence-electron chi connectivity index (χ2n) is 4.78. The van der Waals surface area contributed by atoms with Crippen molar-refractivity contribution < 1.29 is 5.11 Å². The van der Waals surface area contributed by atoms with Gasteiger partial charge in [0, 0.05) is 12.8 Å². The molecule has 4 nitrogen and oxygen atoms in total. The summed E-state index contributed by atoms with van der Waals surface area (Å²) in [7, 11) is 0. The molecule has 1 unspecified atom stereocenters. The van der Waals surface area contributed by atoms with Gasteiger partial charge in [0.25, 0.3) is 0 Å². The number of fused-ring (bicyclic) bond motifs is 1. The largest absolute Gasteiger partial charge is 0.394 e. The molecule has 94 valence electrons. The Bertz CT molecular complexity index is 521. The maximum atomic E-state index is 9.35. The second-order valence-corrected chi connectivity index (χ2v) is 4.78. The number of hydrogen-bond acceptors (Lipinski definition) is 3. The van der Waals surface area contributed by atoms with E-state index >= 15 is 0 Å². The lowest BCUT2D eigenvalue weighted by Gasteiger charge is -2.20. The molecule has 0 aliphatic carbocycles. The monoisotopic (exact) mass is 243 g/mol. The molecule has 1 atom stereocenters. The first-order valence-corrected chi connectivity index (χ1v) is 6.46. The van der Waals surface area contributed by atoms with Gasteiger partial charge in [-0.25, -0.2) is 9.67 Å². The zero-order chi connectivity index (χ0) is 12.4. The summed E-state index contributed by atoms with van der Waals surface area (Å²) in [6.07, 6.45) is 3.82. The number of hydrogen-bond donors (Lipinski definition) is 1. The normalized spacial score (nSPS) is 18.6. The molecule has 0 amide bonds. The molecule has 0 saturated heterocycles. The Kier molecular flexibility index (Phi) is 3.11. The molecule has 2 heterocycles. The van der Waals surface area contributed by atoms with Crippen LogP contribution < -0.4 is 0 Å². The summed E-state index contributed by atoms with van der Waals surface area (Å²) in [4.78, 5) is 4.58. The lowest BCUT2D eigenvalue weighted by atomic mass is 10.1. The third-order valence-corrected chi connectivity index (χ3v) is 3.45. The Labute approximate surface area is 106 Å². The van der Waals surface area contributed by atoms with Gasteiger partial charge in [-0.2, -0.15) is 5.10 Å². The highest BCUT2D eigenvalue weighted by Crippen LogP contribution is 2.23. The van der Waals surface area contributed by atoms with Crippen molar-refractivity contribution in [2.75, 3.05) is 6.61 Å². The molecule has 1 aromatic carbocycles. The van der Waals surface area contributed by atoms with Crippen molar-refractivity contribution in [1.82, 2.24) is 14.8 Å². The van der Waals surface area contributed by atoms with Crippen LogP contribution in [-0.2, 0) is 12.8 Å². The molecular formula is C14H17N3O. The zero-order valence-electron chi connectivity index (χ0n) is 10.3. The molecule has 1 aliphatic rings. The predicted octanol–water partition coefficient (Wildman–Crippen LogP) is 1.74. The van der Waals surface area contributed by atoms with E-state index in [0.29, 0.717) is 0 Å². The molecule has 0 saturated carbocycles. The maximum Gasteiger partial charge on any atom is 0.155 e. The number of aliphatic hydroxyl groups excluding tert-OH is 1. The lowest BCUT2D eigenvalue weighted by Crippen LogP contribution is -2.22. The van der Waals surface area contributed by atoms with E-state index in [1.165, 1.54) is 5.56 Å². The van der Waals surface area contributed by atoms with E-state index in [2.05, 4.69) is 22.2 Å². The molecule has 0 spiro atoms. The van der Waals surface area contributed by atoms with Crippen molar-refractivity contribution in [2.24, 2.45) is 0 Å². The molecule has 0 radical (unpaired) electrons. The molecule has 1 N–H and O–H groups in total. The van der Waals surface area contributed by atoms with Crippen LogP contribution in [-0.4, -0.2) is 26.5 Å². The van der Waals surface area contributed by atoms with Crippen LogP contribution in [0.5, 0.6) is 0 Å². The van der Waals surface area contributed by atoms with Crippen LogP contribution in [0.25, 0.3) is 0 Å². The maximum absolute atomic E-state index is 9.35. The van der Waals surface area contributed by atoms with Gasteiger partial charge in [0.05, 0.1) is 12.6 Å². The van der Waals surface area contributed by atoms with Crippen LogP contribution in [0, 0.1) is 0 Å². The first-order chi connectivity index (χ1) is 8.86. The van der Waals surface area contributed by atoms with E-state index in [0.717, 1.165) is 37.3 Å². The van der Waals surface area contributed by atoms with Crippen molar-refractivity contribution >= 4 is 0 Å². The SMILES string of the molecule is OCC1CCCc2nc(Cc3ccccc3)nn21. The number of aromatic nitrogens is 3. The quantitative estimate of drug-likeness (QED) is 0.893. The smallest absolute Gasteiger partial charge is 0.155 e. The molecule has 1 aliphatic heterocycles. The molecule has 0 bridgehead atoms. The Hall–Kier alpha value is -1.68. The van der Waals surface area contributed by atoms with Gasteiger partial charge in [0.15, 0.2) is 5.82 Å². The summed E-state index contributed by atoms with van der Waals surface area (Å²) < 4.78 is 1.92. The standard InChI is InChI=1S/C14H17N3O/c18-10-12-7-4-8-14-15-13(16-17(12)14)9-11-5-2-1-3-6-11/h1-3,5-6,12,18H,4,7-10H2. The van der Waals surface area contributed by atoms with E-state index in [4.69, 9.17) is 0 Å². The van der Waals surface area contributed by atoms with Crippen molar-refractivity contribution in [3.8, 4) is 0 Å². The molecule has 0 fully saturated rings. The zero-order valence-corrected chi connectivity index (χ0v) is 10.3. The summed E-state index contributed by atoms with van der Waals surface area (Å²) >= 11 is 0. The minimum atomic E-state index is 0.116. The van der Waals surface area contributed by atoms with Gasteiger partial charge in [-0.15, -0.1) is 0 Å². The highest BCUT2D eigenvalue weighted by molar-refractivity contribution is 5.19. The van der Waals surface area contributed by atoms with Crippen molar-refractivity contribution in [3.63, 3.8) is 0 Å². The van der Waals surface area contributed by atoms with E-state index in [1.807, 2.05) is 22.9 Å². The number of aryl methyl sites for hydroxylation is 1. The number of aliphatic hydroxyl groups is 1. The highest BCUT2D eigenvalue weighted by atomic mass is 16.3. The van der Waals surface area contributed by atoms with Gasteiger partial charge in [-0.05, 0) is 18.4 Å². The van der Waals surface area contributed by atoms with Gasteiger partial charge < -0.3 is 5.11 Å². The third-order valence-electron chi connectivity index (χ3n) is 3.45. The molecule has 18 heavy (non-hydrogen) atoms. The van der Waals surface area contributed by atoms with Crippen LogP contribution in [0.15, 0.2) is 30.3 Å². The van der Waals surface area contributed by atoms with E-state index in [1.54, 1.807) is 0 Å². The fourth-order valence-electron chi connectivity index (χ4n) is 2.51. The Morgan fingerprint density at radius 2 is 2.11 bits per heavy atom. The number of rotatable bonds is 3. The van der Waals surface area contributed by atoms with Crippen LogP contribution >= 0.6 is 0 Å². The van der Waals surface area contributed by atoms with Gasteiger partial charge >= 0.3 is 0 Å². The van der Waals surface area contributed by atoms with E-state index in [-0.39, 0.29) is 12.6 Å². The predicted molar refractivity (Wildman–Crippen MR) is 68.3 cm³/mol. The van der Waals surface area contributed by atoms with E-state index < -0.39 is 0 Å². The first-order valence-electron chi connectivity index (χ1n) is 6.46. The van der Waals surface area contributed by atoms with Gasteiger partial charge in [-0.3, -0.25) is 0 Å². The molecule has 3 rings (SSSR count). The summed E-state index contributed by atoms with van der Waals surface area (Å²) in [6.45, 7) is 0.154.